The van der Waals surface area contributed by atoms with Crippen molar-refractivity contribution in [3.63, 3.8) is 0 Å². The highest BCUT2D eigenvalue weighted by molar-refractivity contribution is 7.59. The van der Waals surface area contributed by atoms with Crippen LogP contribution in [0, 0.1) is 0 Å². The van der Waals surface area contributed by atoms with E-state index in [2.05, 4.69) is 5.32 Å². The van der Waals surface area contributed by atoms with Gasteiger partial charge < -0.3 is 25.0 Å². The van der Waals surface area contributed by atoms with Crippen LogP contribution in [-0.2, 0) is 15.1 Å². The van der Waals surface area contributed by atoms with Gasteiger partial charge in [-0.05, 0) is 44.9 Å². The summed E-state index contributed by atoms with van der Waals surface area (Å²) in [5.41, 5.74) is -2.29. The van der Waals surface area contributed by atoms with E-state index in [9.17, 15) is 19.8 Å². The second-order valence-electron chi connectivity index (χ2n) is 7.54. The first-order valence-corrected chi connectivity index (χ1v) is 9.34. The Morgan fingerprint density at radius 3 is 2.23 bits per heavy atom. The van der Waals surface area contributed by atoms with Crippen LogP contribution in [0.5, 0.6) is 5.75 Å². The first-order chi connectivity index (χ1) is 13.6. The van der Waals surface area contributed by atoms with Crippen LogP contribution in [0.3, 0.4) is 0 Å². The van der Waals surface area contributed by atoms with E-state index in [-0.39, 0.29) is 24.6 Å². The van der Waals surface area contributed by atoms with Gasteiger partial charge >= 0.3 is 12.1 Å². The molecule has 30 heavy (non-hydrogen) atoms. The van der Waals surface area contributed by atoms with Gasteiger partial charge in [-0.3, -0.25) is 0 Å². The largest absolute Gasteiger partial charge is 0.494 e. The summed E-state index contributed by atoms with van der Waals surface area (Å²) in [4.78, 5) is 23.4. The Morgan fingerprint density at radius 1 is 1.00 bits per heavy atom. The molecular formula is C22H29NO6S. The van der Waals surface area contributed by atoms with Gasteiger partial charge in [0, 0.05) is 12.1 Å². The average molecular weight is 436 g/mol. The van der Waals surface area contributed by atoms with Crippen LogP contribution in [-0.4, -0.2) is 41.0 Å². The van der Waals surface area contributed by atoms with Crippen molar-refractivity contribution in [2.24, 2.45) is 0 Å². The minimum atomic E-state index is -2.18. The van der Waals surface area contributed by atoms with Crippen LogP contribution in [0.25, 0.3) is 0 Å². The van der Waals surface area contributed by atoms with Crippen molar-refractivity contribution < 1.29 is 29.3 Å². The summed E-state index contributed by atoms with van der Waals surface area (Å²) in [5.74, 6) is -0.946. The molecule has 0 saturated heterocycles. The van der Waals surface area contributed by atoms with E-state index in [0.29, 0.717) is 25.3 Å². The molecule has 0 radical (unpaired) electrons. The van der Waals surface area contributed by atoms with Gasteiger partial charge in [0.2, 0.25) is 5.60 Å². The summed E-state index contributed by atoms with van der Waals surface area (Å²) in [7, 11) is 0. The predicted molar refractivity (Wildman–Crippen MR) is 118 cm³/mol. The normalized spacial score (nSPS) is 12.8. The highest BCUT2D eigenvalue weighted by atomic mass is 32.1. The maximum atomic E-state index is 11.9. The lowest BCUT2D eigenvalue weighted by Gasteiger charge is -2.25. The van der Waals surface area contributed by atoms with Crippen LogP contribution in [0.2, 0.25) is 0 Å². The van der Waals surface area contributed by atoms with Crippen molar-refractivity contribution in [2.45, 2.75) is 38.4 Å². The second kappa shape index (κ2) is 10.9. The smallest absolute Gasteiger partial charge is 0.407 e. The number of aliphatic hydroxyl groups is 1. The quantitative estimate of drug-likeness (QED) is 0.549. The number of hydrogen-bond acceptors (Lipinski definition) is 5. The zero-order valence-electron chi connectivity index (χ0n) is 17.3. The zero-order valence-corrected chi connectivity index (χ0v) is 18.3. The van der Waals surface area contributed by atoms with Crippen molar-refractivity contribution in [1.29, 1.82) is 0 Å². The summed E-state index contributed by atoms with van der Waals surface area (Å²) < 4.78 is 10.8. The molecule has 0 heterocycles. The van der Waals surface area contributed by atoms with E-state index >= 15 is 0 Å². The molecule has 7 nitrogen and oxygen atoms in total. The first-order valence-electron chi connectivity index (χ1n) is 9.34. The van der Waals surface area contributed by atoms with Crippen molar-refractivity contribution in [2.75, 3.05) is 13.2 Å². The molecule has 0 bridgehead atoms. The van der Waals surface area contributed by atoms with Gasteiger partial charge in [-0.15, -0.1) is 0 Å². The van der Waals surface area contributed by atoms with Gasteiger partial charge in [-0.25, -0.2) is 9.59 Å². The Bertz CT molecular complexity index is 837. The summed E-state index contributed by atoms with van der Waals surface area (Å²) in [6, 6.07) is 14.5. The van der Waals surface area contributed by atoms with E-state index in [4.69, 9.17) is 9.47 Å². The third-order valence-electron chi connectivity index (χ3n) is 4.01. The fourth-order valence-corrected chi connectivity index (χ4v) is 2.67. The lowest BCUT2D eigenvalue weighted by Crippen LogP contribution is -2.36. The zero-order chi connectivity index (χ0) is 21.5. The molecule has 0 saturated carbocycles. The summed E-state index contributed by atoms with van der Waals surface area (Å²) in [6.07, 6.45) is 0.0413. The topological polar surface area (TPSA) is 105 Å². The Morgan fingerprint density at radius 2 is 1.63 bits per heavy atom. The molecule has 3 N–H and O–H groups in total. The van der Waals surface area contributed by atoms with Gasteiger partial charge in [-0.1, -0.05) is 42.5 Å². The predicted octanol–water partition coefficient (Wildman–Crippen LogP) is 3.41. The molecule has 0 unspecified atom stereocenters. The van der Waals surface area contributed by atoms with Crippen LogP contribution < -0.4 is 10.1 Å². The molecule has 0 aromatic heterocycles. The van der Waals surface area contributed by atoms with Crippen LogP contribution in [0.4, 0.5) is 4.79 Å². The first kappa shape index (κ1) is 25.3. The third-order valence-corrected chi connectivity index (χ3v) is 4.01. The molecule has 0 aliphatic heterocycles. The molecule has 8 heteroatoms. The monoisotopic (exact) mass is 435 g/mol. The number of hydrogen-bond donors (Lipinski definition) is 3. The fraction of sp³-hybridized carbons (Fsp3) is 0.364. The van der Waals surface area contributed by atoms with Crippen molar-refractivity contribution in [3.05, 3.63) is 65.7 Å². The molecule has 0 spiro atoms. The van der Waals surface area contributed by atoms with E-state index < -0.39 is 23.3 Å². The minimum Gasteiger partial charge on any atom is -0.494 e. The Hall–Kier alpha value is -2.71. The van der Waals surface area contributed by atoms with Gasteiger partial charge in [0.15, 0.2) is 0 Å². The number of nitrogens with one attached hydrogen (secondary N) is 1. The summed E-state index contributed by atoms with van der Waals surface area (Å²) >= 11 is 0. The van der Waals surface area contributed by atoms with Crippen LogP contribution in [0.15, 0.2) is 54.6 Å². The molecule has 1 amide bonds. The number of benzene rings is 2. The standard InChI is InChI=1S/C22H27NO6.H2S/c1-21(2,3)29-20(26)23-13-8-14-28-18-12-7-11-17(15-18)22(27,19(24)25)16-9-5-4-6-10-16;/h4-7,9-12,15,27H,8,13-14H2,1-3H3,(H,23,26)(H,24,25);1H2/t22-;/m0./s1. The number of alkyl carbamates (subject to hydrolysis) is 1. The van der Waals surface area contributed by atoms with Gasteiger partial charge in [-0.2, -0.15) is 13.5 Å². The number of amides is 1. The number of ether oxygens (including phenoxy) is 2. The van der Waals surface area contributed by atoms with Gasteiger partial charge in [0.25, 0.3) is 0 Å². The molecule has 2 rings (SSSR count). The molecule has 2 aromatic rings. The highest BCUT2D eigenvalue weighted by Gasteiger charge is 2.40. The molecule has 2 aromatic carbocycles. The summed E-state index contributed by atoms with van der Waals surface area (Å²) in [5, 5.41) is 23.2. The molecule has 0 aliphatic rings. The lowest BCUT2D eigenvalue weighted by molar-refractivity contribution is -0.155. The van der Waals surface area contributed by atoms with Crippen LogP contribution >= 0.6 is 13.5 Å². The number of aliphatic carboxylic acids is 1. The maximum absolute atomic E-state index is 11.9. The Balaban J connectivity index is 0.00000450. The number of carboxylic acid groups (broad SMARTS) is 1. The molecule has 164 valence electrons. The van der Waals surface area contributed by atoms with Gasteiger partial charge in [0.05, 0.1) is 6.61 Å². The van der Waals surface area contributed by atoms with Gasteiger partial charge in [0.1, 0.15) is 11.4 Å². The summed E-state index contributed by atoms with van der Waals surface area (Å²) in [6.45, 7) is 6.04. The minimum absolute atomic E-state index is 0. The number of rotatable bonds is 8. The average Bonchev–Trinajstić information content (AvgIpc) is 2.66. The fourth-order valence-electron chi connectivity index (χ4n) is 2.67. The lowest BCUT2D eigenvalue weighted by atomic mass is 9.86. The van der Waals surface area contributed by atoms with E-state index in [1.165, 1.54) is 12.1 Å². The number of carboxylic acids is 1. The SMILES string of the molecule is CC(C)(C)OC(=O)NCCCOc1cccc([C@](O)(C(=O)O)c2ccccc2)c1.S. The number of carbonyl (C=O) groups is 2. The highest BCUT2D eigenvalue weighted by Crippen LogP contribution is 2.32. The Kier molecular flexibility index (Phi) is 9.20. The van der Waals surface area contributed by atoms with Crippen molar-refractivity contribution >= 4 is 25.6 Å². The van der Waals surface area contributed by atoms with Crippen molar-refractivity contribution in [3.8, 4) is 5.75 Å². The third kappa shape index (κ3) is 6.96. The molecular weight excluding hydrogens is 406 g/mol. The maximum Gasteiger partial charge on any atom is 0.407 e. The molecule has 0 fully saturated rings. The van der Waals surface area contributed by atoms with E-state index in [1.807, 2.05) is 0 Å². The van der Waals surface area contributed by atoms with Crippen molar-refractivity contribution in [1.82, 2.24) is 5.32 Å². The van der Waals surface area contributed by atoms with Crippen LogP contribution in [0.1, 0.15) is 38.3 Å². The van der Waals surface area contributed by atoms with E-state index in [0.717, 1.165) is 0 Å². The van der Waals surface area contributed by atoms with E-state index in [1.54, 1.807) is 63.2 Å². The Labute approximate surface area is 183 Å². The molecule has 1 atom stereocenters. The molecule has 0 aliphatic carbocycles. The number of carbonyl (C=O) groups excluding carboxylic acids is 1. The second-order valence-corrected chi connectivity index (χ2v) is 7.54.